The Morgan fingerprint density at radius 3 is 2.83 bits per heavy atom. The monoisotopic (exact) mass is 325 g/mol. The summed E-state index contributed by atoms with van der Waals surface area (Å²) in [7, 11) is 0. The van der Waals surface area contributed by atoms with Crippen molar-refractivity contribution in [1.82, 2.24) is 20.6 Å². The third-order valence-electron chi connectivity index (χ3n) is 2.92. The van der Waals surface area contributed by atoms with E-state index in [1.807, 2.05) is 0 Å². The van der Waals surface area contributed by atoms with Crippen LogP contribution < -0.4 is 5.43 Å². The Bertz CT molecular complexity index is 755. The Morgan fingerprint density at radius 1 is 1.30 bits per heavy atom. The van der Waals surface area contributed by atoms with Crippen LogP contribution in [0.25, 0.3) is 6.08 Å². The lowest BCUT2D eigenvalue weighted by molar-refractivity contribution is -0.137. The summed E-state index contributed by atoms with van der Waals surface area (Å²) in [6.07, 6.45) is -0.311. The second-order valence-electron chi connectivity index (χ2n) is 4.59. The predicted octanol–water partition coefficient (Wildman–Crippen LogP) is 1.99. The molecule has 0 spiro atoms. The number of halogens is 3. The van der Waals surface area contributed by atoms with Gasteiger partial charge in [0.1, 0.15) is 18.3 Å². The van der Waals surface area contributed by atoms with Gasteiger partial charge in [0, 0.05) is 17.8 Å². The van der Waals surface area contributed by atoms with Crippen LogP contribution in [0.2, 0.25) is 0 Å². The molecule has 7 nitrogen and oxygen atoms in total. The fourth-order valence-electron chi connectivity index (χ4n) is 1.91. The number of aliphatic imine (C=N–C) groups is 1. The number of alkyl halides is 3. The standard InChI is InChI=1S/C13H10F3N5O2/c14-13(15,16)9-3-8(4-10(22)5-9)12-17-6-21(20-12)2-1-11-19-18-7-23-11/h1-5,7,22H,6H2,(H,17,20)/b2-1-. The van der Waals surface area contributed by atoms with E-state index in [-0.39, 0.29) is 24.0 Å². The summed E-state index contributed by atoms with van der Waals surface area (Å²) < 4.78 is 43.2. The first-order valence-corrected chi connectivity index (χ1v) is 6.35. The van der Waals surface area contributed by atoms with Gasteiger partial charge in [0.25, 0.3) is 0 Å². The molecule has 1 aliphatic heterocycles. The average molecular weight is 325 g/mol. The lowest BCUT2D eigenvalue weighted by atomic mass is 10.1. The molecule has 10 heteroatoms. The van der Waals surface area contributed by atoms with E-state index in [9.17, 15) is 18.3 Å². The average Bonchev–Trinajstić information content (AvgIpc) is 3.15. The molecule has 0 saturated heterocycles. The van der Waals surface area contributed by atoms with Crippen molar-refractivity contribution >= 4 is 11.9 Å². The van der Waals surface area contributed by atoms with Crippen molar-refractivity contribution in [2.75, 3.05) is 6.67 Å². The molecule has 3 rings (SSSR count). The summed E-state index contributed by atoms with van der Waals surface area (Å²) >= 11 is 0. The zero-order valence-electron chi connectivity index (χ0n) is 11.4. The molecule has 0 amide bonds. The molecule has 120 valence electrons. The van der Waals surface area contributed by atoms with Crippen LogP contribution >= 0.6 is 0 Å². The second kappa shape index (κ2) is 5.63. The number of nitrogens with zero attached hydrogens (tertiary/aromatic N) is 4. The van der Waals surface area contributed by atoms with Gasteiger partial charge in [-0.25, -0.2) is 4.99 Å². The van der Waals surface area contributed by atoms with Gasteiger partial charge < -0.3 is 9.52 Å². The minimum absolute atomic E-state index is 0.131. The largest absolute Gasteiger partial charge is 0.508 e. The van der Waals surface area contributed by atoms with Crippen molar-refractivity contribution < 1.29 is 22.7 Å². The summed E-state index contributed by atoms with van der Waals surface area (Å²) in [5, 5.41) is 18.1. The molecule has 0 saturated carbocycles. The molecule has 2 heterocycles. The molecule has 1 aromatic heterocycles. The predicted molar refractivity (Wildman–Crippen MR) is 72.8 cm³/mol. The van der Waals surface area contributed by atoms with Crippen LogP contribution in [0.15, 0.2) is 40.2 Å². The zero-order valence-corrected chi connectivity index (χ0v) is 11.4. The van der Waals surface area contributed by atoms with Crippen molar-refractivity contribution in [3.63, 3.8) is 0 Å². The Labute approximate surface area is 127 Å². The van der Waals surface area contributed by atoms with E-state index in [1.54, 1.807) is 6.20 Å². The Morgan fingerprint density at radius 2 is 2.13 bits per heavy atom. The SMILES string of the molecule is Oc1cc(C2=NCN(/C=C\c3nnco3)N2)cc(C(F)(F)F)c1. The molecule has 1 aromatic carbocycles. The molecule has 0 bridgehead atoms. The van der Waals surface area contributed by atoms with Crippen molar-refractivity contribution in [2.24, 2.45) is 4.99 Å². The number of phenolic OH excluding ortho intramolecular Hbond substituents is 1. The number of phenols is 1. The molecule has 23 heavy (non-hydrogen) atoms. The van der Waals surface area contributed by atoms with E-state index < -0.39 is 17.5 Å². The molecular formula is C13H10F3N5O2. The molecule has 2 aromatic rings. The lowest BCUT2D eigenvalue weighted by Gasteiger charge is -2.14. The molecule has 0 radical (unpaired) electrons. The highest BCUT2D eigenvalue weighted by atomic mass is 19.4. The van der Waals surface area contributed by atoms with E-state index in [0.29, 0.717) is 6.07 Å². The Balaban J connectivity index is 1.75. The van der Waals surface area contributed by atoms with E-state index >= 15 is 0 Å². The number of amidine groups is 1. The van der Waals surface area contributed by atoms with E-state index in [2.05, 4.69) is 20.6 Å². The Kier molecular flexibility index (Phi) is 3.64. The number of aromatic nitrogens is 2. The van der Waals surface area contributed by atoms with Crippen LogP contribution in [0.4, 0.5) is 13.2 Å². The van der Waals surface area contributed by atoms with Crippen LogP contribution in [0.3, 0.4) is 0 Å². The third kappa shape index (κ3) is 3.42. The van der Waals surface area contributed by atoms with Gasteiger partial charge in [-0.15, -0.1) is 10.2 Å². The van der Waals surface area contributed by atoms with Gasteiger partial charge in [-0.05, 0) is 18.2 Å². The van der Waals surface area contributed by atoms with Crippen LogP contribution in [0, 0.1) is 0 Å². The van der Waals surface area contributed by atoms with Crippen molar-refractivity contribution in [3.05, 3.63) is 47.8 Å². The number of aromatic hydroxyl groups is 1. The summed E-state index contributed by atoms with van der Waals surface area (Å²) in [5.41, 5.74) is 1.99. The first-order valence-electron chi connectivity index (χ1n) is 6.35. The van der Waals surface area contributed by atoms with Gasteiger partial charge in [0.05, 0.1) is 5.56 Å². The fraction of sp³-hybridized carbons (Fsp3) is 0.154. The van der Waals surface area contributed by atoms with Gasteiger partial charge in [-0.3, -0.25) is 10.4 Å². The number of rotatable bonds is 3. The van der Waals surface area contributed by atoms with Crippen LogP contribution in [-0.4, -0.2) is 32.8 Å². The van der Waals surface area contributed by atoms with Gasteiger partial charge in [0.2, 0.25) is 12.3 Å². The summed E-state index contributed by atoms with van der Waals surface area (Å²) in [4.78, 5) is 4.09. The highest BCUT2D eigenvalue weighted by Crippen LogP contribution is 2.32. The van der Waals surface area contributed by atoms with Crippen LogP contribution in [-0.2, 0) is 6.18 Å². The highest BCUT2D eigenvalue weighted by molar-refractivity contribution is 5.99. The van der Waals surface area contributed by atoms with E-state index in [4.69, 9.17) is 4.42 Å². The first-order chi connectivity index (χ1) is 10.9. The smallest absolute Gasteiger partial charge is 0.416 e. The normalized spacial score (nSPS) is 15.1. The van der Waals surface area contributed by atoms with Crippen molar-refractivity contribution in [3.8, 4) is 5.75 Å². The number of hydrazine groups is 1. The minimum atomic E-state index is -4.55. The van der Waals surface area contributed by atoms with E-state index in [0.717, 1.165) is 6.07 Å². The Hall–Kier alpha value is -3.04. The van der Waals surface area contributed by atoms with Crippen LogP contribution in [0.1, 0.15) is 17.0 Å². The minimum Gasteiger partial charge on any atom is -0.508 e. The van der Waals surface area contributed by atoms with Crippen molar-refractivity contribution in [1.29, 1.82) is 0 Å². The van der Waals surface area contributed by atoms with Gasteiger partial charge in [-0.2, -0.15) is 13.2 Å². The highest BCUT2D eigenvalue weighted by Gasteiger charge is 2.32. The summed E-state index contributed by atoms with van der Waals surface area (Å²) in [6, 6.07) is 2.77. The molecular weight excluding hydrogens is 315 g/mol. The van der Waals surface area contributed by atoms with Gasteiger partial charge in [0.15, 0.2) is 0 Å². The molecule has 0 atom stereocenters. The maximum absolute atomic E-state index is 12.8. The molecule has 1 aliphatic rings. The zero-order chi connectivity index (χ0) is 16.4. The summed E-state index contributed by atoms with van der Waals surface area (Å²) in [6.45, 7) is 0.178. The maximum atomic E-state index is 12.8. The topological polar surface area (TPSA) is 86.8 Å². The number of nitrogens with one attached hydrogen (secondary N) is 1. The number of hydrogen-bond donors (Lipinski definition) is 2. The molecule has 2 N–H and O–H groups in total. The van der Waals surface area contributed by atoms with Crippen LogP contribution in [0.5, 0.6) is 5.75 Å². The third-order valence-corrected chi connectivity index (χ3v) is 2.92. The van der Waals surface area contributed by atoms with Gasteiger partial charge >= 0.3 is 6.18 Å². The number of hydrogen-bond acceptors (Lipinski definition) is 7. The van der Waals surface area contributed by atoms with Crippen molar-refractivity contribution in [2.45, 2.75) is 6.18 Å². The molecule has 0 unspecified atom stereocenters. The fourth-order valence-corrected chi connectivity index (χ4v) is 1.91. The van der Waals surface area contributed by atoms with Gasteiger partial charge in [-0.1, -0.05) is 0 Å². The first kappa shape index (κ1) is 14.9. The molecule has 0 aliphatic carbocycles. The second-order valence-corrected chi connectivity index (χ2v) is 4.59. The summed E-state index contributed by atoms with van der Waals surface area (Å²) in [5.74, 6) is -0.00211. The quantitative estimate of drug-likeness (QED) is 0.897. The molecule has 0 fully saturated rings. The maximum Gasteiger partial charge on any atom is 0.416 e. The number of benzene rings is 1. The van der Waals surface area contributed by atoms with E-state index in [1.165, 1.54) is 23.5 Å². The lowest BCUT2D eigenvalue weighted by Crippen LogP contribution is -2.32.